The maximum atomic E-state index is 10.7. The number of carbonyl (C=O) groups is 1. The number of rotatable bonds is 5. The minimum absolute atomic E-state index is 0.430. The van der Waals surface area contributed by atoms with E-state index < -0.39 is 5.97 Å². The molecule has 4 nitrogen and oxygen atoms in total. The SMILES string of the molecule is C=C(CCCN(C)C)C(=O)ON.CCl. The fourth-order valence-corrected chi connectivity index (χ4v) is 0.794. The van der Waals surface area contributed by atoms with Crippen molar-refractivity contribution in [1.29, 1.82) is 0 Å². The van der Waals surface area contributed by atoms with Gasteiger partial charge in [0.05, 0.1) is 0 Å². The van der Waals surface area contributed by atoms with Gasteiger partial charge >= 0.3 is 5.97 Å². The second-order valence-electron chi connectivity index (χ2n) is 2.92. The molecular formula is C9H19ClN2O2. The highest BCUT2D eigenvalue weighted by molar-refractivity contribution is 6.15. The standard InChI is InChI=1S/C8H16N2O2.CH3Cl/c1-7(8(11)12-9)5-4-6-10(2)3;1-2/h1,4-6,9H2,2-3H3;1H3. The maximum Gasteiger partial charge on any atom is 0.351 e. The molecule has 0 unspecified atom stereocenters. The number of hydrogen-bond acceptors (Lipinski definition) is 4. The zero-order chi connectivity index (χ0) is 11.6. The van der Waals surface area contributed by atoms with Gasteiger partial charge in [0.2, 0.25) is 0 Å². The van der Waals surface area contributed by atoms with E-state index in [1.807, 2.05) is 19.0 Å². The predicted octanol–water partition coefficient (Wildman–Crippen LogP) is 1.16. The van der Waals surface area contributed by atoms with Crippen LogP contribution in [0.15, 0.2) is 12.2 Å². The van der Waals surface area contributed by atoms with Gasteiger partial charge in [0.25, 0.3) is 0 Å². The molecule has 0 aromatic carbocycles. The molecule has 0 bridgehead atoms. The van der Waals surface area contributed by atoms with Crippen molar-refractivity contribution in [3.8, 4) is 0 Å². The number of halogens is 1. The van der Waals surface area contributed by atoms with Gasteiger partial charge < -0.3 is 9.74 Å². The summed E-state index contributed by atoms with van der Waals surface area (Å²) in [4.78, 5) is 16.8. The van der Waals surface area contributed by atoms with E-state index in [1.165, 1.54) is 6.38 Å². The Morgan fingerprint density at radius 3 is 2.36 bits per heavy atom. The predicted molar refractivity (Wildman–Crippen MR) is 59.0 cm³/mol. The lowest BCUT2D eigenvalue weighted by atomic mass is 10.1. The Morgan fingerprint density at radius 2 is 2.00 bits per heavy atom. The Balaban J connectivity index is 0. The molecule has 0 spiro atoms. The number of hydrogen-bond donors (Lipinski definition) is 1. The summed E-state index contributed by atoms with van der Waals surface area (Å²) >= 11 is 4.64. The first-order valence-electron chi connectivity index (χ1n) is 4.19. The second-order valence-corrected chi connectivity index (χ2v) is 2.92. The van der Waals surface area contributed by atoms with Crippen LogP contribution in [0.1, 0.15) is 12.8 Å². The van der Waals surface area contributed by atoms with Crippen LogP contribution < -0.4 is 5.90 Å². The first-order valence-corrected chi connectivity index (χ1v) is 4.95. The van der Waals surface area contributed by atoms with Crippen LogP contribution in [0.25, 0.3) is 0 Å². The van der Waals surface area contributed by atoms with Gasteiger partial charge in [0.1, 0.15) is 0 Å². The highest BCUT2D eigenvalue weighted by Gasteiger charge is 2.06. The van der Waals surface area contributed by atoms with Crippen LogP contribution in [0.4, 0.5) is 0 Å². The van der Waals surface area contributed by atoms with E-state index in [0.717, 1.165) is 13.0 Å². The number of nitrogens with two attached hydrogens (primary N) is 1. The molecule has 0 aromatic rings. The molecule has 0 amide bonds. The fourth-order valence-electron chi connectivity index (χ4n) is 0.794. The molecule has 0 fully saturated rings. The van der Waals surface area contributed by atoms with E-state index in [9.17, 15) is 4.79 Å². The monoisotopic (exact) mass is 222 g/mol. The van der Waals surface area contributed by atoms with Gasteiger partial charge in [-0.25, -0.2) is 4.79 Å². The summed E-state index contributed by atoms with van der Waals surface area (Å²) in [6.07, 6.45) is 3.00. The summed E-state index contributed by atoms with van der Waals surface area (Å²) in [5.74, 6) is 4.16. The van der Waals surface area contributed by atoms with Gasteiger partial charge in [0, 0.05) is 12.0 Å². The summed E-state index contributed by atoms with van der Waals surface area (Å²) in [7, 11) is 3.95. The van der Waals surface area contributed by atoms with Gasteiger partial charge in [-0.1, -0.05) is 6.58 Å². The Bertz CT molecular complexity index is 172. The molecule has 0 aliphatic heterocycles. The maximum absolute atomic E-state index is 10.7. The van der Waals surface area contributed by atoms with Crippen molar-refractivity contribution < 1.29 is 9.63 Å². The molecule has 0 saturated carbocycles. The van der Waals surface area contributed by atoms with Gasteiger partial charge in [-0.15, -0.1) is 11.6 Å². The highest BCUT2D eigenvalue weighted by atomic mass is 35.5. The van der Waals surface area contributed by atoms with E-state index in [4.69, 9.17) is 0 Å². The lowest BCUT2D eigenvalue weighted by Crippen LogP contribution is -2.15. The summed E-state index contributed by atoms with van der Waals surface area (Å²) in [5, 5.41) is 0. The minimum atomic E-state index is -0.520. The van der Waals surface area contributed by atoms with E-state index in [1.54, 1.807) is 0 Å². The summed E-state index contributed by atoms with van der Waals surface area (Å²) in [5.41, 5.74) is 0.430. The quantitative estimate of drug-likeness (QED) is 0.431. The molecule has 0 aromatic heterocycles. The lowest BCUT2D eigenvalue weighted by Gasteiger charge is -2.08. The summed E-state index contributed by atoms with van der Waals surface area (Å²) in [6, 6.07) is 0. The van der Waals surface area contributed by atoms with Crippen LogP contribution in [-0.2, 0) is 9.63 Å². The molecule has 0 rings (SSSR count). The van der Waals surface area contributed by atoms with Crippen LogP contribution in [-0.4, -0.2) is 37.9 Å². The van der Waals surface area contributed by atoms with Gasteiger partial charge in [0.15, 0.2) is 0 Å². The largest absolute Gasteiger partial charge is 0.370 e. The molecule has 0 radical (unpaired) electrons. The Hall–Kier alpha value is -0.580. The Labute approximate surface area is 90.6 Å². The number of alkyl halides is 1. The average molecular weight is 223 g/mol. The van der Waals surface area contributed by atoms with Crippen LogP contribution in [0.5, 0.6) is 0 Å². The first kappa shape index (κ1) is 15.9. The van der Waals surface area contributed by atoms with E-state index in [-0.39, 0.29) is 0 Å². The molecule has 84 valence electrons. The molecule has 2 N–H and O–H groups in total. The van der Waals surface area contributed by atoms with Crippen molar-refractivity contribution in [2.24, 2.45) is 5.90 Å². The third-order valence-corrected chi connectivity index (χ3v) is 1.48. The zero-order valence-electron chi connectivity index (χ0n) is 9.05. The Morgan fingerprint density at radius 1 is 1.50 bits per heavy atom. The van der Waals surface area contributed by atoms with Crippen LogP contribution >= 0.6 is 11.6 Å². The summed E-state index contributed by atoms with van der Waals surface area (Å²) < 4.78 is 0. The van der Waals surface area contributed by atoms with E-state index >= 15 is 0 Å². The molecule has 0 heterocycles. The van der Waals surface area contributed by atoms with Crippen molar-refractivity contribution in [2.75, 3.05) is 27.0 Å². The van der Waals surface area contributed by atoms with Crippen LogP contribution in [0, 0.1) is 0 Å². The minimum Gasteiger partial charge on any atom is -0.370 e. The van der Waals surface area contributed by atoms with E-state index in [0.29, 0.717) is 12.0 Å². The third-order valence-electron chi connectivity index (χ3n) is 1.48. The molecule has 14 heavy (non-hydrogen) atoms. The molecule has 0 aliphatic carbocycles. The van der Waals surface area contributed by atoms with Gasteiger partial charge in [-0.3, -0.25) is 0 Å². The molecular weight excluding hydrogens is 204 g/mol. The van der Waals surface area contributed by atoms with Gasteiger partial charge in [-0.2, -0.15) is 5.90 Å². The van der Waals surface area contributed by atoms with Crippen molar-refractivity contribution >= 4 is 17.6 Å². The third kappa shape index (κ3) is 9.51. The Kier molecular flexibility index (Phi) is 11.9. The number of carbonyl (C=O) groups excluding carboxylic acids is 1. The summed E-state index contributed by atoms with van der Waals surface area (Å²) in [6.45, 7) is 4.48. The molecule has 0 aliphatic rings. The average Bonchev–Trinajstić information content (AvgIpc) is 2.19. The second kappa shape index (κ2) is 10.5. The first-order chi connectivity index (χ1) is 6.57. The van der Waals surface area contributed by atoms with Crippen LogP contribution in [0.2, 0.25) is 0 Å². The fraction of sp³-hybridized carbons (Fsp3) is 0.667. The van der Waals surface area contributed by atoms with E-state index in [2.05, 4.69) is 28.9 Å². The smallest absolute Gasteiger partial charge is 0.351 e. The highest BCUT2D eigenvalue weighted by Crippen LogP contribution is 2.03. The molecule has 0 saturated heterocycles. The van der Waals surface area contributed by atoms with Crippen molar-refractivity contribution in [3.63, 3.8) is 0 Å². The van der Waals surface area contributed by atoms with Crippen molar-refractivity contribution in [3.05, 3.63) is 12.2 Å². The topological polar surface area (TPSA) is 55.6 Å². The van der Waals surface area contributed by atoms with Crippen molar-refractivity contribution in [2.45, 2.75) is 12.8 Å². The molecule has 0 atom stereocenters. The lowest BCUT2D eigenvalue weighted by molar-refractivity contribution is -0.139. The van der Waals surface area contributed by atoms with Gasteiger partial charge in [-0.05, 0) is 33.5 Å². The number of nitrogens with zero attached hydrogens (tertiary/aromatic N) is 1. The normalized spacial score (nSPS) is 9.00. The zero-order valence-corrected chi connectivity index (χ0v) is 9.80. The van der Waals surface area contributed by atoms with Crippen molar-refractivity contribution in [1.82, 2.24) is 4.90 Å². The molecule has 5 heteroatoms. The van der Waals surface area contributed by atoms with Crippen LogP contribution in [0.3, 0.4) is 0 Å².